The van der Waals surface area contributed by atoms with Crippen molar-refractivity contribution in [3.63, 3.8) is 0 Å². The second-order valence-electron chi connectivity index (χ2n) is 5.47. The highest BCUT2D eigenvalue weighted by Gasteiger charge is 2.24. The molecule has 5 nitrogen and oxygen atoms in total. The van der Waals surface area contributed by atoms with Gasteiger partial charge in [0, 0.05) is 46.3 Å². The molecule has 1 aromatic heterocycles. The number of aliphatic hydroxyl groups excluding tert-OH is 1. The van der Waals surface area contributed by atoms with Gasteiger partial charge in [0.05, 0.1) is 11.9 Å². The largest absolute Gasteiger partial charge is 0.396 e. The fourth-order valence-electron chi connectivity index (χ4n) is 2.25. The Bertz CT molecular complexity index is 375. The predicted octanol–water partition coefficient (Wildman–Crippen LogP) is 1.37. The normalized spacial score (nSPS) is 11.9. The zero-order chi connectivity index (χ0) is 14.5. The van der Waals surface area contributed by atoms with Crippen molar-refractivity contribution in [3.05, 3.63) is 11.9 Å². The average molecular weight is 268 g/mol. The number of nitrogens with one attached hydrogen (secondary N) is 1. The molecule has 0 saturated carbocycles. The van der Waals surface area contributed by atoms with E-state index < -0.39 is 0 Å². The molecular weight excluding hydrogens is 240 g/mol. The van der Waals surface area contributed by atoms with E-state index in [2.05, 4.69) is 28.7 Å². The molecule has 0 spiro atoms. The fraction of sp³-hybridized carbons (Fsp3) is 0.786. The molecule has 0 aliphatic heterocycles. The summed E-state index contributed by atoms with van der Waals surface area (Å²) in [5.41, 5.74) is 1.16. The van der Waals surface area contributed by atoms with Crippen LogP contribution in [0.5, 0.6) is 0 Å². The molecule has 1 aromatic rings. The third-order valence-corrected chi connectivity index (χ3v) is 4.10. The molecule has 5 heteroatoms. The van der Waals surface area contributed by atoms with Crippen LogP contribution in [0.4, 0.5) is 5.95 Å². The number of aliphatic hydroxyl groups is 1. The minimum absolute atomic E-state index is 0.00295. The van der Waals surface area contributed by atoms with Gasteiger partial charge >= 0.3 is 0 Å². The lowest BCUT2D eigenvalue weighted by Gasteiger charge is -2.29. The van der Waals surface area contributed by atoms with Crippen molar-refractivity contribution in [1.29, 1.82) is 0 Å². The van der Waals surface area contributed by atoms with Gasteiger partial charge in [-0.3, -0.25) is 0 Å². The zero-order valence-electron chi connectivity index (χ0n) is 12.9. The van der Waals surface area contributed by atoms with Gasteiger partial charge < -0.3 is 19.9 Å². The minimum Gasteiger partial charge on any atom is -0.396 e. The third-order valence-electron chi connectivity index (χ3n) is 4.10. The van der Waals surface area contributed by atoms with Crippen molar-refractivity contribution in [2.45, 2.75) is 33.2 Å². The smallest absolute Gasteiger partial charge is 0.204 e. The van der Waals surface area contributed by atoms with Gasteiger partial charge in [0.25, 0.3) is 0 Å². The molecule has 1 rings (SSSR count). The molecule has 19 heavy (non-hydrogen) atoms. The first-order valence-electron chi connectivity index (χ1n) is 6.99. The molecule has 0 fully saturated rings. The van der Waals surface area contributed by atoms with Crippen LogP contribution in [0.15, 0.2) is 6.20 Å². The van der Waals surface area contributed by atoms with Crippen LogP contribution in [0.25, 0.3) is 0 Å². The average Bonchev–Trinajstić information content (AvgIpc) is 2.77. The van der Waals surface area contributed by atoms with Crippen LogP contribution < -0.4 is 10.2 Å². The van der Waals surface area contributed by atoms with Crippen LogP contribution in [0.1, 0.15) is 32.4 Å². The molecule has 0 bridgehead atoms. The van der Waals surface area contributed by atoms with E-state index in [9.17, 15) is 5.11 Å². The summed E-state index contributed by atoms with van der Waals surface area (Å²) < 4.78 is 2.09. The second kappa shape index (κ2) is 6.91. The lowest BCUT2D eigenvalue weighted by Crippen LogP contribution is -2.36. The number of rotatable bonds is 8. The van der Waals surface area contributed by atoms with E-state index in [4.69, 9.17) is 0 Å². The van der Waals surface area contributed by atoms with Gasteiger partial charge in [0.2, 0.25) is 5.95 Å². The molecule has 0 aliphatic carbocycles. The Labute approximate surface area is 116 Å². The van der Waals surface area contributed by atoms with E-state index in [0.29, 0.717) is 0 Å². The Kier molecular flexibility index (Phi) is 5.82. The van der Waals surface area contributed by atoms with Gasteiger partial charge in [-0.2, -0.15) is 0 Å². The van der Waals surface area contributed by atoms with Crippen LogP contribution >= 0.6 is 0 Å². The zero-order valence-corrected chi connectivity index (χ0v) is 12.9. The number of nitrogens with zero attached hydrogens (tertiary/aromatic N) is 3. The Morgan fingerprint density at radius 2 is 2.00 bits per heavy atom. The number of hydrogen-bond donors (Lipinski definition) is 2. The van der Waals surface area contributed by atoms with Crippen molar-refractivity contribution < 1.29 is 5.11 Å². The molecule has 0 atom stereocenters. The minimum atomic E-state index is 0.00295. The van der Waals surface area contributed by atoms with E-state index >= 15 is 0 Å². The Hall–Kier alpha value is -1.07. The summed E-state index contributed by atoms with van der Waals surface area (Å²) in [6.45, 7) is 6.12. The SMILES string of the molecule is CCC(CC)(CO)CNCc1cnc(N(C)C)n1C. The second-order valence-corrected chi connectivity index (χ2v) is 5.47. The Balaban J connectivity index is 2.58. The van der Waals surface area contributed by atoms with Gasteiger partial charge in [-0.1, -0.05) is 13.8 Å². The summed E-state index contributed by atoms with van der Waals surface area (Å²) in [6.07, 6.45) is 3.88. The number of aromatic nitrogens is 2. The molecule has 0 aliphatic rings. The lowest BCUT2D eigenvalue weighted by molar-refractivity contribution is 0.113. The van der Waals surface area contributed by atoms with Crippen LogP contribution in [0, 0.1) is 5.41 Å². The van der Waals surface area contributed by atoms with Gasteiger partial charge in [-0.25, -0.2) is 4.98 Å². The number of anilines is 1. The lowest BCUT2D eigenvalue weighted by atomic mass is 9.83. The van der Waals surface area contributed by atoms with Gasteiger partial charge in [-0.15, -0.1) is 0 Å². The topological polar surface area (TPSA) is 53.3 Å². The summed E-state index contributed by atoms with van der Waals surface area (Å²) in [5, 5.41) is 13.0. The van der Waals surface area contributed by atoms with Crippen molar-refractivity contribution in [1.82, 2.24) is 14.9 Å². The van der Waals surface area contributed by atoms with Crippen LogP contribution in [-0.2, 0) is 13.6 Å². The maximum absolute atomic E-state index is 9.54. The summed E-state index contributed by atoms with van der Waals surface area (Å²) >= 11 is 0. The first-order chi connectivity index (χ1) is 8.99. The molecule has 2 N–H and O–H groups in total. The summed E-state index contributed by atoms with van der Waals surface area (Å²) in [5.74, 6) is 0.955. The van der Waals surface area contributed by atoms with Crippen LogP contribution in [-0.4, -0.2) is 41.9 Å². The Morgan fingerprint density at radius 1 is 1.37 bits per heavy atom. The molecule has 0 radical (unpaired) electrons. The summed E-state index contributed by atoms with van der Waals surface area (Å²) in [6, 6.07) is 0. The predicted molar refractivity (Wildman–Crippen MR) is 79.3 cm³/mol. The van der Waals surface area contributed by atoms with Crippen molar-refractivity contribution >= 4 is 5.95 Å². The highest BCUT2D eigenvalue weighted by Crippen LogP contribution is 2.24. The first kappa shape index (κ1) is 16.0. The maximum Gasteiger partial charge on any atom is 0.204 e. The highest BCUT2D eigenvalue weighted by molar-refractivity contribution is 5.30. The number of hydrogen-bond acceptors (Lipinski definition) is 4. The van der Waals surface area contributed by atoms with Gasteiger partial charge in [0.15, 0.2) is 0 Å². The fourth-order valence-corrected chi connectivity index (χ4v) is 2.25. The molecule has 0 amide bonds. The molecule has 1 heterocycles. The summed E-state index contributed by atoms with van der Waals surface area (Å²) in [4.78, 5) is 6.39. The van der Waals surface area contributed by atoms with E-state index in [1.807, 2.05) is 32.2 Å². The van der Waals surface area contributed by atoms with E-state index in [1.54, 1.807) is 0 Å². The molecular formula is C14H28N4O. The maximum atomic E-state index is 9.54. The van der Waals surface area contributed by atoms with E-state index in [-0.39, 0.29) is 12.0 Å². The van der Waals surface area contributed by atoms with Crippen molar-refractivity contribution in [3.8, 4) is 0 Å². The van der Waals surface area contributed by atoms with E-state index in [1.165, 1.54) is 0 Å². The monoisotopic (exact) mass is 268 g/mol. The van der Waals surface area contributed by atoms with E-state index in [0.717, 1.165) is 37.6 Å². The molecule has 0 aromatic carbocycles. The third kappa shape index (κ3) is 3.70. The molecule has 0 saturated heterocycles. The van der Waals surface area contributed by atoms with Crippen molar-refractivity contribution in [2.24, 2.45) is 12.5 Å². The van der Waals surface area contributed by atoms with Crippen molar-refractivity contribution in [2.75, 3.05) is 32.1 Å². The summed E-state index contributed by atoms with van der Waals surface area (Å²) in [7, 11) is 6.01. The molecule has 0 unspecified atom stereocenters. The first-order valence-corrected chi connectivity index (χ1v) is 6.99. The number of imidazole rings is 1. The van der Waals surface area contributed by atoms with Gasteiger partial charge in [0.1, 0.15) is 0 Å². The van der Waals surface area contributed by atoms with Crippen LogP contribution in [0.2, 0.25) is 0 Å². The van der Waals surface area contributed by atoms with Gasteiger partial charge in [-0.05, 0) is 12.8 Å². The van der Waals surface area contributed by atoms with Crippen LogP contribution in [0.3, 0.4) is 0 Å². The molecule has 110 valence electrons. The standard InChI is InChI=1S/C14H28N4O/c1-6-14(7-2,11-19)10-15-8-12-9-16-13(17(3)4)18(12)5/h9,15,19H,6-8,10-11H2,1-5H3. The highest BCUT2D eigenvalue weighted by atomic mass is 16.3. The quantitative estimate of drug-likeness (QED) is 0.748. The Morgan fingerprint density at radius 3 is 2.42 bits per heavy atom.